The molecule has 114 valence electrons. The summed E-state index contributed by atoms with van der Waals surface area (Å²) in [4.78, 5) is 0.0686. The van der Waals surface area contributed by atoms with Crippen LogP contribution < -0.4 is 4.72 Å². The Morgan fingerprint density at radius 3 is 2.40 bits per heavy atom. The Bertz CT molecular complexity index is 600. The number of benzene rings is 1. The van der Waals surface area contributed by atoms with Crippen molar-refractivity contribution in [1.82, 2.24) is 4.72 Å². The molecule has 0 spiro atoms. The minimum atomic E-state index is -3.71. The molecule has 0 aliphatic carbocycles. The van der Waals surface area contributed by atoms with Gasteiger partial charge in [0.05, 0.1) is 5.02 Å². The van der Waals surface area contributed by atoms with E-state index in [1.807, 2.05) is 19.9 Å². The van der Waals surface area contributed by atoms with Gasteiger partial charge in [-0.1, -0.05) is 31.5 Å². The first-order chi connectivity index (χ1) is 9.13. The van der Waals surface area contributed by atoms with Gasteiger partial charge in [0.1, 0.15) is 4.90 Å². The molecular formula is C13H20ClNO3S2. The smallest absolute Gasteiger partial charge is 0.242 e. The number of rotatable bonds is 6. The molecule has 0 bridgehead atoms. The summed E-state index contributed by atoms with van der Waals surface area (Å²) in [6.45, 7) is 5.64. The molecule has 0 aromatic heterocycles. The van der Waals surface area contributed by atoms with E-state index in [-0.39, 0.29) is 21.6 Å². The van der Waals surface area contributed by atoms with E-state index in [1.54, 1.807) is 19.1 Å². The van der Waals surface area contributed by atoms with E-state index < -0.39 is 26.9 Å². The highest BCUT2D eigenvalue weighted by Gasteiger charge is 2.21. The fourth-order valence-electron chi connectivity index (χ4n) is 1.80. The summed E-state index contributed by atoms with van der Waals surface area (Å²) >= 11 is 6.00. The molecule has 1 aromatic rings. The standard InChI is InChI=1S/C13H20ClNO3S2/c1-9(2)11-5-6-12(14)13(7-11)20(17,18)15-10(3)8-19(4)16/h5-7,9-10,15H,8H2,1-4H3/t10-,19+/m1/s1. The number of sulfonamides is 1. The SMILES string of the molecule is CC(C)c1ccc(Cl)c(S(=O)(=O)N[C@H](C)C[S@](C)=O)c1. The quantitative estimate of drug-likeness (QED) is 0.867. The van der Waals surface area contributed by atoms with E-state index in [4.69, 9.17) is 11.6 Å². The largest absolute Gasteiger partial charge is 0.260 e. The molecule has 20 heavy (non-hydrogen) atoms. The molecule has 0 unspecified atom stereocenters. The maximum atomic E-state index is 12.3. The van der Waals surface area contributed by atoms with Crippen LogP contribution in [0.4, 0.5) is 0 Å². The second-order valence-corrected chi connectivity index (χ2v) is 8.68. The molecule has 4 nitrogen and oxygen atoms in total. The second kappa shape index (κ2) is 7.02. The van der Waals surface area contributed by atoms with Crippen LogP contribution in [0, 0.1) is 0 Å². The Morgan fingerprint density at radius 1 is 1.30 bits per heavy atom. The van der Waals surface area contributed by atoms with Crippen LogP contribution in [-0.2, 0) is 20.8 Å². The minimum absolute atomic E-state index is 0.0686. The number of nitrogens with one attached hydrogen (secondary N) is 1. The Morgan fingerprint density at radius 2 is 1.90 bits per heavy atom. The van der Waals surface area contributed by atoms with Gasteiger partial charge < -0.3 is 0 Å². The summed E-state index contributed by atoms with van der Waals surface area (Å²) < 4.78 is 38.3. The minimum Gasteiger partial charge on any atom is -0.260 e. The third-order valence-electron chi connectivity index (χ3n) is 2.75. The molecule has 0 heterocycles. The normalized spacial score (nSPS) is 15.3. The molecule has 0 fully saturated rings. The van der Waals surface area contributed by atoms with Crippen LogP contribution >= 0.6 is 11.6 Å². The fourth-order valence-corrected chi connectivity index (χ4v) is 4.47. The van der Waals surface area contributed by atoms with Gasteiger partial charge in [-0.25, -0.2) is 13.1 Å². The lowest BCUT2D eigenvalue weighted by molar-refractivity contribution is 0.570. The number of hydrogen-bond acceptors (Lipinski definition) is 3. The van der Waals surface area contributed by atoms with E-state index in [1.165, 1.54) is 6.26 Å². The molecule has 1 aromatic carbocycles. The number of hydrogen-bond donors (Lipinski definition) is 1. The third kappa shape index (κ3) is 4.84. The molecule has 0 radical (unpaired) electrons. The maximum Gasteiger partial charge on any atom is 0.242 e. The Labute approximate surface area is 128 Å². The lowest BCUT2D eigenvalue weighted by Crippen LogP contribution is -2.36. The number of halogens is 1. The summed E-state index contributed by atoms with van der Waals surface area (Å²) in [5.41, 5.74) is 0.904. The Hall–Kier alpha value is -0.430. The lowest BCUT2D eigenvalue weighted by Gasteiger charge is -2.15. The Balaban J connectivity index is 3.09. The predicted molar refractivity (Wildman–Crippen MR) is 84.3 cm³/mol. The highest BCUT2D eigenvalue weighted by molar-refractivity contribution is 7.89. The van der Waals surface area contributed by atoms with Crippen molar-refractivity contribution < 1.29 is 12.6 Å². The second-order valence-electron chi connectivity index (χ2n) is 5.11. The van der Waals surface area contributed by atoms with E-state index in [0.29, 0.717) is 0 Å². The summed E-state index contributed by atoms with van der Waals surface area (Å²) in [6, 6.07) is 4.58. The van der Waals surface area contributed by atoms with Gasteiger partial charge in [0.15, 0.2) is 0 Å². The van der Waals surface area contributed by atoms with E-state index in [9.17, 15) is 12.6 Å². The topological polar surface area (TPSA) is 63.2 Å². The average molecular weight is 338 g/mol. The summed E-state index contributed by atoms with van der Waals surface area (Å²) in [6.07, 6.45) is 1.54. The molecule has 2 atom stereocenters. The van der Waals surface area contributed by atoms with E-state index >= 15 is 0 Å². The Kier molecular flexibility index (Phi) is 6.19. The molecule has 0 amide bonds. The monoisotopic (exact) mass is 337 g/mol. The van der Waals surface area contributed by atoms with Crippen molar-refractivity contribution in [3.8, 4) is 0 Å². The van der Waals surface area contributed by atoms with Crippen LogP contribution in [0.25, 0.3) is 0 Å². The van der Waals surface area contributed by atoms with Crippen molar-refractivity contribution >= 4 is 32.4 Å². The maximum absolute atomic E-state index is 12.3. The van der Waals surface area contributed by atoms with Crippen LogP contribution in [0.3, 0.4) is 0 Å². The average Bonchev–Trinajstić information content (AvgIpc) is 2.26. The van der Waals surface area contributed by atoms with Gasteiger partial charge in [0, 0.05) is 28.9 Å². The van der Waals surface area contributed by atoms with Crippen LogP contribution in [0.1, 0.15) is 32.3 Å². The zero-order chi connectivity index (χ0) is 15.5. The van der Waals surface area contributed by atoms with E-state index in [0.717, 1.165) is 5.56 Å². The van der Waals surface area contributed by atoms with Crippen molar-refractivity contribution in [2.45, 2.75) is 37.6 Å². The van der Waals surface area contributed by atoms with Crippen LogP contribution in [0.2, 0.25) is 5.02 Å². The molecule has 1 N–H and O–H groups in total. The van der Waals surface area contributed by atoms with E-state index in [2.05, 4.69) is 4.72 Å². The van der Waals surface area contributed by atoms with Crippen molar-refractivity contribution in [2.24, 2.45) is 0 Å². The lowest BCUT2D eigenvalue weighted by atomic mass is 10.0. The van der Waals surface area contributed by atoms with Crippen LogP contribution in [0.15, 0.2) is 23.1 Å². The van der Waals surface area contributed by atoms with Crippen molar-refractivity contribution in [3.63, 3.8) is 0 Å². The fraction of sp³-hybridized carbons (Fsp3) is 0.538. The summed E-state index contributed by atoms with van der Waals surface area (Å²) in [5, 5.41) is 0.187. The first-order valence-electron chi connectivity index (χ1n) is 6.25. The zero-order valence-electron chi connectivity index (χ0n) is 12.0. The van der Waals surface area contributed by atoms with Gasteiger partial charge in [-0.2, -0.15) is 0 Å². The van der Waals surface area contributed by atoms with Gasteiger partial charge in [-0.15, -0.1) is 0 Å². The van der Waals surface area contributed by atoms with Crippen molar-refractivity contribution in [3.05, 3.63) is 28.8 Å². The van der Waals surface area contributed by atoms with Crippen LogP contribution in [-0.4, -0.2) is 30.7 Å². The first-order valence-corrected chi connectivity index (χ1v) is 9.84. The molecule has 0 aliphatic heterocycles. The molecule has 0 aliphatic rings. The third-order valence-corrected chi connectivity index (χ3v) is 5.79. The van der Waals surface area contributed by atoms with Crippen molar-refractivity contribution in [1.29, 1.82) is 0 Å². The van der Waals surface area contributed by atoms with Gasteiger partial charge >= 0.3 is 0 Å². The van der Waals surface area contributed by atoms with Crippen molar-refractivity contribution in [2.75, 3.05) is 12.0 Å². The van der Waals surface area contributed by atoms with Gasteiger partial charge in [-0.05, 0) is 30.5 Å². The zero-order valence-corrected chi connectivity index (χ0v) is 14.4. The molecule has 0 saturated carbocycles. The highest BCUT2D eigenvalue weighted by Crippen LogP contribution is 2.26. The molecule has 0 saturated heterocycles. The summed E-state index contributed by atoms with van der Waals surface area (Å²) in [5.74, 6) is 0.475. The predicted octanol–water partition coefficient (Wildman–Crippen LogP) is 2.51. The van der Waals surface area contributed by atoms with Gasteiger partial charge in [-0.3, -0.25) is 4.21 Å². The molecular weight excluding hydrogens is 318 g/mol. The first kappa shape index (κ1) is 17.6. The van der Waals surface area contributed by atoms with Gasteiger partial charge in [0.2, 0.25) is 10.0 Å². The highest BCUT2D eigenvalue weighted by atomic mass is 35.5. The van der Waals surface area contributed by atoms with Crippen LogP contribution in [0.5, 0.6) is 0 Å². The van der Waals surface area contributed by atoms with Gasteiger partial charge in [0.25, 0.3) is 0 Å². The summed E-state index contributed by atoms with van der Waals surface area (Å²) in [7, 11) is -4.77. The molecule has 7 heteroatoms. The molecule has 1 rings (SSSR count).